The van der Waals surface area contributed by atoms with E-state index in [9.17, 15) is 4.79 Å². The molecule has 1 saturated heterocycles. The molecule has 2 aliphatic heterocycles. The van der Waals surface area contributed by atoms with Gasteiger partial charge in [-0.05, 0) is 6.07 Å². The number of anilines is 1. The van der Waals surface area contributed by atoms with Gasteiger partial charge in [0.05, 0.1) is 42.9 Å². The Hall–Kier alpha value is -3.01. The lowest BCUT2D eigenvalue weighted by Crippen LogP contribution is -2.37. The van der Waals surface area contributed by atoms with E-state index in [1.165, 1.54) is 6.92 Å². The van der Waals surface area contributed by atoms with Gasteiger partial charge < -0.3 is 28.8 Å². The lowest BCUT2D eigenvalue weighted by Gasteiger charge is -2.34. The summed E-state index contributed by atoms with van der Waals surface area (Å²) in [4.78, 5) is 21.1. The number of aromatic nitrogens is 3. The molecule has 0 bridgehead atoms. The first kappa shape index (κ1) is 22.8. The fourth-order valence-electron chi connectivity index (χ4n) is 4.81. The molecular weight excluding hydrogens is 436 g/mol. The fourth-order valence-corrected chi connectivity index (χ4v) is 4.81. The Balaban J connectivity index is 1.64. The van der Waals surface area contributed by atoms with E-state index in [0.717, 1.165) is 58.4 Å². The van der Waals surface area contributed by atoms with Crippen LogP contribution in [0.25, 0.3) is 22.2 Å². The first-order valence-corrected chi connectivity index (χ1v) is 11.6. The van der Waals surface area contributed by atoms with Crippen molar-refractivity contribution in [1.82, 2.24) is 14.5 Å². The molecule has 9 nitrogen and oxygen atoms in total. The molecule has 0 aromatic carbocycles. The highest BCUT2D eigenvalue weighted by Crippen LogP contribution is 2.44. The van der Waals surface area contributed by atoms with Crippen molar-refractivity contribution in [2.75, 3.05) is 45.5 Å². The predicted molar refractivity (Wildman–Crippen MR) is 127 cm³/mol. The molecular formula is C25H30N4O5. The molecule has 5 rings (SSSR count). The van der Waals surface area contributed by atoms with Gasteiger partial charge in [0.1, 0.15) is 17.2 Å². The number of carbonyl (C=O) groups is 1. The molecule has 5 heterocycles. The van der Waals surface area contributed by atoms with Gasteiger partial charge >= 0.3 is 0 Å². The summed E-state index contributed by atoms with van der Waals surface area (Å²) in [5, 5.41) is 3.72. The van der Waals surface area contributed by atoms with Crippen LogP contribution in [0.1, 0.15) is 31.0 Å². The highest BCUT2D eigenvalue weighted by atomic mass is 16.6. The Kier molecular flexibility index (Phi) is 6.24. The van der Waals surface area contributed by atoms with Gasteiger partial charge in [0.25, 0.3) is 0 Å². The topological polar surface area (TPSA) is 96.7 Å². The first-order chi connectivity index (χ1) is 16.5. The second-order valence-electron chi connectivity index (χ2n) is 8.84. The third kappa shape index (κ3) is 4.15. The summed E-state index contributed by atoms with van der Waals surface area (Å²) in [7, 11) is 3.67. The standard InChI is InChI=1S/C25H30N4O5/c1-16(30)27-23-11-18-19(14-29(2)21(18)13-26-23)20-12-22(33-8-4-7-31-3)17-5-9-34-25(24(17)28-20)6-10-32-15-25/h11-14H,4-10,15H2,1-3H3,(H,26,27,30). The van der Waals surface area contributed by atoms with Crippen molar-refractivity contribution in [2.45, 2.75) is 31.8 Å². The van der Waals surface area contributed by atoms with Gasteiger partial charge in [0, 0.05) is 82.3 Å². The van der Waals surface area contributed by atoms with E-state index in [0.29, 0.717) is 38.9 Å². The van der Waals surface area contributed by atoms with E-state index in [4.69, 9.17) is 23.9 Å². The Morgan fingerprint density at radius 1 is 1.29 bits per heavy atom. The van der Waals surface area contributed by atoms with Crippen LogP contribution < -0.4 is 10.1 Å². The van der Waals surface area contributed by atoms with Gasteiger partial charge in [-0.15, -0.1) is 0 Å². The predicted octanol–water partition coefficient (Wildman–Crippen LogP) is 3.20. The number of carbonyl (C=O) groups excluding carboxylic acids is 1. The monoisotopic (exact) mass is 466 g/mol. The minimum atomic E-state index is -0.540. The number of aryl methyl sites for hydroxylation is 1. The molecule has 0 radical (unpaired) electrons. The summed E-state index contributed by atoms with van der Waals surface area (Å²) in [6.07, 6.45) is 6.12. The van der Waals surface area contributed by atoms with Crippen LogP contribution in [-0.2, 0) is 38.1 Å². The maximum absolute atomic E-state index is 11.6. The number of hydrogen-bond donors (Lipinski definition) is 1. The number of amides is 1. The number of pyridine rings is 2. The summed E-state index contributed by atoms with van der Waals surface area (Å²) in [6, 6.07) is 3.91. The molecule has 1 unspecified atom stereocenters. The van der Waals surface area contributed by atoms with E-state index in [2.05, 4.69) is 10.3 Å². The summed E-state index contributed by atoms with van der Waals surface area (Å²) >= 11 is 0. The molecule has 0 aliphatic carbocycles. The average Bonchev–Trinajstić information content (AvgIpc) is 3.41. The number of nitrogens with one attached hydrogen (secondary N) is 1. The summed E-state index contributed by atoms with van der Waals surface area (Å²) in [5.41, 5.74) is 4.14. The minimum absolute atomic E-state index is 0.164. The van der Waals surface area contributed by atoms with Gasteiger partial charge in [-0.3, -0.25) is 4.79 Å². The van der Waals surface area contributed by atoms with Gasteiger partial charge in [-0.2, -0.15) is 0 Å². The zero-order valence-electron chi connectivity index (χ0n) is 19.8. The Labute approximate surface area is 198 Å². The number of fused-ring (bicyclic) bond motifs is 3. The first-order valence-electron chi connectivity index (χ1n) is 11.6. The molecule has 180 valence electrons. The van der Waals surface area contributed by atoms with Gasteiger partial charge in [-0.1, -0.05) is 0 Å². The van der Waals surface area contributed by atoms with Gasteiger partial charge in [-0.25, -0.2) is 9.97 Å². The number of methoxy groups -OCH3 is 1. The van der Waals surface area contributed by atoms with Crippen molar-refractivity contribution in [3.63, 3.8) is 0 Å². The number of hydrogen-bond acceptors (Lipinski definition) is 7. The van der Waals surface area contributed by atoms with E-state index in [1.54, 1.807) is 13.3 Å². The molecule has 1 atom stereocenters. The van der Waals surface area contributed by atoms with Crippen LogP contribution >= 0.6 is 0 Å². The molecule has 1 amide bonds. The van der Waals surface area contributed by atoms with E-state index >= 15 is 0 Å². The van der Waals surface area contributed by atoms with E-state index in [1.807, 2.05) is 29.9 Å². The number of ether oxygens (including phenoxy) is 4. The van der Waals surface area contributed by atoms with Crippen molar-refractivity contribution in [2.24, 2.45) is 7.05 Å². The van der Waals surface area contributed by atoms with Crippen LogP contribution in [0, 0.1) is 0 Å². The fraction of sp³-hybridized carbons (Fsp3) is 0.480. The summed E-state index contributed by atoms with van der Waals surface area (Å²) in [6.45, 7) is 4.43. The normalized spacial score (nSPS) is 19.5. The summed E-state index contributed by atoms with van der Waals surface area (Å²) in [5.74, 6) is 1.17. The van der Waals surface area contributed by atoms with Crippen LogP contribution in [0.5, 0.6) is 5.75 Å². The molecule has 1 fully saturated rings. The van der Waals surface area contributed by atoms with E-state index < -0.39 is 5.60 Å². The third-order valence-corrected chi connectivity index (χ3v) is 6.44. The quantitative estimate of drug-likeness (QED) is 0.534. The molecule has 1 spiro atoms. The van der Waals surface area contributed by atoms with E-state index in [-0.39, 0.29) is 5.91 Å². The largest absolute Gasteiger partial charge is 0.493 e. The molecule has 2 aliphatic rings. The molecule has 3 aromatic rings. The van der Waals surface area contributed by atoms with Crippen molar-refractivity contribution in [3.05, 3.63) is 35.8 Å². The Morgan fingerprint density at radius 3 is 2.94 bits per heavy atom. The van der Waals surface area contributed by atoms with Crippen molar-refractivity contribution < 1.29 is 23.7 Å². The maximum atomic E-state index is 11.6. The third-order valence-electron chi connectivity index (χ3n) is 6.44. The van der Waals surface area contributed by atoms with Crippen LogP contribution in [0.4, 0.5) is 5.82 Å². The van der Waals surface area contributed by atoms with Crippen LogP contribution in [0.15, 0.2) is 24.5 Å². The maximum Gasteiger partial charge on any atom is 0.222 e. The molecule has 1 N–H and O–H groups in total. The van der Waals surface area contributed by atoms with Crippen LogP contribution in [-0.4, -0.2) is 60.6 Å². The molecule has 3 aromatic heterocycles. The van der Waals surface area contributed by atoms with Gasteiger partial charge in [0.2, 0.25) is 5.91 Å². The van der Waals surface area contributed by atoms with Crippen molar-refractivity contribution >= 4 is 22.6 Å². The lowest BCUT2D eigenvalue weighted by atomic mass is 9.89. The van der Waals surface area contributed by atoms with Crippen LogP contribution in [0.2, 0.25) is 0 Å². The van der Waals surface area contributed by atoms with Crippen molar-refractivity contribution in [1.29, 1.82) is 0 Å². The van der Waals surface area contributed by atoms with Crippen molar-refractivity contribution in [3.8, 4) is 17.0 Å². The molecule has 9 heteroatoms. The summed E-state index contributed by atoms with van der Waals surface area (Å²) < 4.78 is 25.5. The van der Waals surface area contributed by atoms with Gasteiger partial charge in [0.15, 0.2) is 0 Å². The second-order valence-corrected chi connectivity index (χ2v) is 8.84. The minimum Gasteiger partial charge on any atom is -0.493 e. The number of rotatable bonds is 7. The average molecular weight is 467 g/mol. The second kappa shape index (κ2) is 9.32. The zero-order valence-corrected chi connectivity index (χ0v) is 19.8. The molecule has 34 heavy (non-hydrogen) atoms. The Bertz CT molecular complexity index is 1220. The SMILES string of the molecule is COCCCOc1cc(-c2cn(C)c3cnc(NC(C)=O)cc23)nc2c1CCOC21CCOC1. The lowest BCUT2D eigenvalue weighted by molar-refractivity contribution is -0.114. The number of nitrogens with zero attached hydrogens (tertiary/aromatic N) is 3. The zero-order chi connectivity index (χ0) is 23.7. The molecule has 0 saturated carbocycles. The highest BCUT2D eigenvalue weighted by molar-refractivity contribution is 5.98. The Morgan fingerprint density at radius 2 is 2.18 bits per heavy atom. The smallest absolute Gasteiger partial charge is 0.222 e. The van der Waals surface area contributed by atoms with Crippen LogP contribution in [0.3, 0.4) is 0 Å². The highest BCUT2D eigenvalue weighted by Gasteiger charge is 2.44.